The maximum Gasteiger partial charge on any atom is 0.134 e. The topological polar surface area (TPSA) is 69.2 Å². The van der Waals surface area contributed by atoms with E-state index in [1.165, 1.54) is 11.8 Å². The Morgan fingerprint density at radius 3 is 2.60 bits per heavy atom. The van der Waals surface area contributed by atoms with Gasteiger partial charge in [0, 0.05) is 0 Å². The summed E-state index contributed by atoms with van der Waals surface area (Å²) in [5, 5.41) is 2.27. The molecule has 60 valence electrons. The molecule has 0 aliphatic carbocycles. The molecule has 0 aliphatic rings. The van der Waals surface area contributed by atoms with Gasteiger partial charge in [0.25, 0.3) is 0 Å². The lowest BCUT2D eigenvalue weighted by atomic mass is 11.2. The molecular weight excluding hydrogens is 194 g/mol. The van der Waals surface area contributed by atoms with Crippen LogP contribution in [-0.4, -0.2) is 29.4 Å². The summed E-state index contributed by atoms with van der Waals surface area (Å²) in [7, 11) is -4.19. The molecule has 0 aromatic carbocycles. The lowest BCUT2D eigenvalue weighted by Gasteiger charge is -2.07. The summed E-state index contributed by atoms with van der Waals surface area (Å²) in [6, 6.07) is 0. The van der Waals surface area contributed by atoms with Crippen LogP contribution in [0.5, 0.6) is 0 Å². The summed E-state index contributed by atoms with van der Waals surface area (Å²) < 4.78 is 30.2. The van der Waals surface area contributed by atoms with Gasteiger partial charge in [-0.05, 0) is 6.26 Å². The zero-order valence-electron chi connectivity index (χ0n) is 5.16. The van der Waals surface area contributed by atoms with Crippen molar-refractivity contribution in [1.82, 2.24) is 5.32 Å². The molecule has 0 bridgehead atoms. The van der Waals surface area contributed by atoms with Crippen molar-refractivity contribution in [2.24, 2.45) is 0 Å². The van der Waals surface area contributed by atoms with E-state index < -0.39 is 16.0 Å². The van der Waals surface area contributed by atoms with E-state index in [0.717, 1.165) is 0 Å². The zero-order valence-corrected chi connectivity index (χ0v) is 7.61. The molecule has 10 heavy (non-hydrogen) atoms. The first-order valence-corrected chi connectivity index (χ1v) is 5.42. The van der Waals surface area contributed by atoms with Crippen molar-refractivity contribution in [3.05, 3.63) is 0 Å². The van der Waals surface area contributed by atoms with Crippen LogP contribution >= 0.6 is 24.0 Å². The van der Waals surface area contributed by atoms with Crippen molar-refractivity contribution in [1.29, 1.82) is 0 Å². The highest BCUT2D eigenvalue weighted by molar-refractivity contribution is 8.22. The quantitative estimate of drug-likeness (QED) is 0.488. The van der Waals surface area contributed by atoms with Gasteiger partial charge in [-0.2, -0.15) is 0 Å². The van der Waals surface area contributed by atoms with Gasteiger partial charge >= 0.3 is 0 Å². The second-order valence-corrected chi connectivity index (χ2v) is 4.26. The fraction of sp³-hybridized carbons (Fsp3) is 0.667. The number of rotatable bonds is 2. The summed E-state index contributed by atoms with van der Waals surface area (Å²) in [5.74, 6) is -0.632. The standard InChI is InChI=1S/C3H7NO3S3/c1-9-3(8)4-2-10(5,6)7/h2H2,1H3,(H,4,8)(H,5,6,7)/p-1. The third-order valence-corrected chi connectivity index (χ3v) is 2.24. The van der Waals surface area contributed by atoms with Crippen molar-refractivity contribution >= 4 is 38.4 Å². The van der Waals surface area contributed by atoms with Crippen molar-refractivity contribution in [2.75, 3.05) is 12.1 Å². The maximum atomic E-state index is 9.96. The Kier molecular flexibility index (Phi) is 4.18. The lowest BCUT2D eigenvalue weighted by molar-refractivity contribution is 0.461. The molecule has 0 atom stereocenters. The molecule has 7 heteroatoms. The van der Waals surface area contributed by atoms with Crippen LogP contribution in [0, 0.1) is 0 Å². The average Bonchev–Trinajstić information content (AvgIpc) is 1.81. The molecule has 0 heterocycles. The Hall–Kier alpha value is 0.150. The molecule has 0 saturated heterocycles. The highest BCUT2D eigenvalue weighted by Crippen LogP contribution is 1.93. The normalized spacial score (nSPS) is 11.0. The molecule has 0 saturated carbocycles. The summed E-state index contributed by atoms with van der Waals surface area (Å²) in [5.41, 5.74) is 0. The number of hydrogen-bond acceptors (Lipinski definition) is 5. The third kappa shape index (κ3) is 6.27. The second kappa shape index (κ2) is 4.12. The molecule has 0 spiro atoms. The molecule has 0 aromatic rings. The van der Waals surface area contributed by atoms with Crippen LogP contribution in [0.1, 0.15) is 0 Å². The summed E-state index contributed by atoms with van der Waals surface area (Å²) in [4.78, 5) is 0. The van der Waals surface area contributed by atoms with Crippen molar-refractivity contribution in [3.8, 4) is 0 Å². The Bertz CT molecular complexity index is 209. The number of thiocarbonyl (C=S) groups is 1. The molecule has 0 amide bonds. The summed E-state index contributed by atoms with van der Waals surface area (Å²) >= 11 is 5.75. The van der Waals surface area contributed by atoms with Gasteiger partial charge in [0.15, 0.2) is 0 Å². The first kappa shape index (κ1) is 10.2. The van der Waals surface area contributed by atoms with E-state index in [1.54, 1.807) is 6.26 Å². The number of hydrogen-bond donors (Lipinski definition) is 1. The second-order valence-electron chi connectivity index (χ2n) is 1.37. The van der Waals surface area contributed by atoms with Crippen LogP contribution in [0.15, 0.2) is 0 Å². The van der Waals surface area contributed by atoms with Gasteiger partial charge in [0.05, 0.1) is 0 Å². The fourth-order valence-electron chi connectivity index (χ4n) is 0.219. The van der Waals surface area contributed by atoms with E-state index in [9.17, 15) is 13.0 Å². The van der Waals surface area contributed by atoms with Gasteiger partial charge in [-0.25, -0.2) is 8.42 Å². The van der Waals surface area contributed by atoms with E-state index in [1.807, 2.05) is 0 Å². The van der Waals surface area contributed by atoms with E-state index in [2.05, 4.69) is 17.5 Å². The van der Waals surface area contributed by atoms with Crippen LogP contribution in [0.3, 0.4) is 0 Å². The summed E-state index contributed by atoms with van der Waals surface area (Å²) in [6.07, 6.45) is 1.69. The van der Waals surface area contributed by atoms with E-state index >= 15 is 0 Å². The maximum absolute atomic E-state index is 9.96. The molecule has 4 nitrogen and oxygen atoms in total. The van der Waals surface area contributed by atoms with Gasteiger partial charge in [-0.3, -0.25) is 0 Å². The average molecular weight is 200 g/mol. The minimum atomic E-state index is -4.19. The van der Waals surface area contributed by atoms with Gasteiger partial charge in [-0.15, -0.1) is 11.8 Å². The van der Waals surface area contributed by atoms with E-state index in [4.69, 9.17) is 0 Å². The van der Waals surface area contributed by atoms with Crippen molar-refractivity contribution < 1.29 is 13.0 Å². The fourth-order valence-corrected chi connectivity index (χ4v) is 1.01. The van der Waals surface area contributed by atoms with Gasteiger partial charge in [-0.1, -0.05) is 12.2 Å². The number of thioether (sulfide) groups is 1. The van der Waals surface area contributed by atoms with E-state index in [0.29, 0.717) is 4.32 Å². The van der Waals surface area contributed by atoms with Crippen LogP contribution < -0.4 is 5.32 Å². The Morgan fingerprint density at radius 2 is 2.30 bits per heavy atom. The predicted molar refractivity (Wildman–Crippen MR) is 43.8 cm³/mol. The molecule has 0 rings (SSSR count). The first-order valence-electron chi connectivity index (χ1n) is 2.21. The SMILES string of the molecule is CSC(=S)NCS(=O)(=O)[O-]. The van der Waals surface area contributed by atoms with Crippen LogP contribution in [0.25, 0.3) is 0 Å². The van der Waals surface area contributed by atoms with Crippen LogP contribution in [0.4, 0.5) is 0 Å². The molecule has 0 radical (unpaired) electrons. The minimum Gasteiger partial charge on any atom is -0.747 e. The molecule has 0 unspecified atom stereocenters. The highest BCUT2D eigenvalue weighted by atomic mass is 32.2. The monoisotopic (exact) mass is 200 g/mol. The smallest absolute Gasteiger partial charge is 0.134 e. The largest absolute Gasteiger partial charge is 0.747 e. The Morgan fingerprint density at radius 1 is 1.80 bits per heavy atom. The zero-order chi connectivity index (χ0) is 8.20. The molecule has 0 aliphatic heterocycles. The van der Waals surface area contributed by atoms with Crippen LogP contribution in [-0.2, 0) is 10.1 Å². The minimum absolute atomic E-state index is 0.305. The predicted octanol–water partition coefficient (Wildman–Crippen LogP) is -0.273. The number of nitrogens with one attached hydrogen (secondary N) is 1. The van der Waals surface area contributed by atoms with Crippen molar-refractivity contribution in [2.45, 2.75) is 0 Å². The van der Waals surface area contributed by atoms with E-state index in [-0.39, 0.29) is 0 Å². The third-order valence-electron chi connectivity index (χ3n) is 0.579. The Labute approximate surface area is 69.1 Å². The van der Waals surface area contributed by atoms with Gasteiger partial charge in [0.2, 0.25) is 0 Å². The van der Waals surface area contributed by atoms with Gasteiger partial charge < -0.3 is 9.87 Å². The molecule has 0 aromatic heterocycles. The molecule has 0 fully saturated rings. The highest BCUT2D eigenvalue weighted by Gasteiger charge is 1.95. The van der Waals surface area contributed by atoms with Crippen LogP contribution in [0.2, 0.25) is 0 Å². The molecule has 1 N–H and O–H groups in total. The summed E-state index contributed by atoms with van der Waals surface area (Å²) in [6.45, 7) is 0. The Balaban J connectivity index is 3.67. The van der Waals surface area contributed by atoms with Gasteiger partial charge in [0.1, 0.15) is 20.3 Å². The lowest BCUT2D eigenvalue weighted by Crippen LogP contribution is -2.25. The molecular formula is C3H6NO3S3-. The van der Waals surface area contributed by atoms with Crippen molar-refractivity contribution in [3.63, 3.8) is 0 Å². The first-order chi connectivity index (χ1) is 4.45.